The van der Waals surface area contributed by atoms with Gasteiger partial charge in [0.25, 0.3) is 5.91 Å². The van der Waals surface area contributed by atoms with Crippen LogP contribution in [-0.2, 0) is 23.9 Å². The van der Waals surface area contributed by atoms with Crippen LogP contribution in [0.15, 0.2) is 42.5 Å². The third-order valence-electron chi connectivity index (χ3n) is 5.22. The number of aryl methyl sites for hydroxylation is 2. The largest absolute Gasteiger partial charge is 0.459 e. The van der Waals surface area contributed by atoms with E-state index in [0.29, 0.717) is 16.9 Å². The molecule has 0 radical (unpaired) electrons. The molecule has 1 atom stereocenters. The summed E-state index contributed by atoms with van der Waals surface area (Å²) in [5.41, 5.74) is 3.60. The number of amides is 2. The van der Waals surface area contributed by atoms with E-state index < -0.39 is 30.4 Å². The van der Waals surface area contributed by atoms with E-state index in [-0.39, 0.29) is 25.0 Å². The fourth-order valence-corrected chi connectivity index (χ4v) is 3.57. The molecule has 33 heavy (non-hydrogen) atoms. The fraction of sp³-hybridized carbons (Fsp3) is 0.360. The highest BCUT2D eigenvalue weighted by Crippen LogP contribution is 2.26. The summed E-state index contributed by atoms with van der Waals surface area (Å²) in [6, 6.07) is 12.1. The molecule has 174 valence electrons. The second-order valence-corrected chi connectivity index (χ2v) is 8.38. The standard InChI is InChI=1S/C25H28N2O6/c1-15(2)33-25(31)18-6-8-20(9-7-18)27-13-19(12-23(27)29)24(30)32-14-22(28)26-21-10-5-16(3)11-17(21)4/h5-11,15,19H,12-14H2,1-4H3,(H,26,28)/t19-/m0/s1. The van der Waals surface area contributed by atoms with Crippen molar-refractivity contribution >= 4 is 35.1 Å². The van der Waals surface area contributed by atoms with E-state index in [0.717, 1.165) is 11.1 Å². The highest BCUT2D eigenvalue weighted by Gasteiger charge is 2.36. The predicted molar refractivity (Wildman–Crippen MR) is 123 cm³/mol. The molecule has 8 nitrogen and oxygen atoms in total. The van der Waals surface area contributed by atoms with Gasteiger partial charge in [0.15, 0.2) is 6.61 Å². The number of carbonyl (C=O) groups is 4. The minimum Gasteiger partial charge on any atom is -0.459 e. The van der Waals surface area contributed by atoms with Gasteiger partial charge in [-0.15, -0.1) is 0 Å². The Morgan fingerprint density at radius 1 is 1.09 bits per heavy atom. The van der Waals surface area contributed by atoms with Gasteiger partial charge in [-0.3, -0.25) is 14.4 Å². The molecule has 2 aromatic rings. The summed E-state index contributed by atoms with van der Waals surface area (Å²) in [6.07, 6.45) is -0.235. The monoisotopic (exact) mass is 452 g/mol. The molecule has 1 N–H and O–H groups in total. The number of rotatable bonds is 7. The van der Waals surface area contributed by atoms with Gasteiger partial charge in [0.05, 0.1) is 17.6 Å². The molecule has 1 heterocycles. The molecule has 2 aromatic carbocycles. The van der Waals surface area contributed by atoms with Crippen LogP contribution in [0, 0.1) is 19.8 Å². The highest BCUT2D eigenvalue weighted by molar-refractivity contribution is 6.00. The lowest BCUT2D eigenvalue weighted by Crippen LogP contribution is -2.28. The lowest BCUT2D eigenvalue weighted by Gasteiger charge is -2.17. The lowest BCUT2D eigenvalue weighted by atomic mass is 10.1. The van der Waals surface area contributed by atoms with Crippen molar-refractivity contribution in [3.05, 3.63) is 59.2 Å². The minimum atomic E-state index is -0.669. The molecular formula is C25H28N2O6. The van der Waals surface area contributed by atoms with Crippen molar-refractivity contribution in [2.75, 3.05) is 23.4 Å². The zero-order valence-electron chi connectivity index (χ0n) is 19.2. The zero-order valence-corrected chi connectivity index (χ0v) is 19.2. The number of hydrogen-bond donors (Lipinski definition) is 1. The third-order valence-corrected chi connectivity index (χ3v) is 5.22. The van der Waals surface area contributed by atoms with Gasteiger partial charge in [0.1, 0.15) is 0 Å². The molecule has 0 aliphatic carbocycles. The van der Waals surface area contributed by atoms with Crippen molar-refractivity contribution in [3.63, 3.8) is 0 Å². The third kappa shape index (κ3) is 6.19. The van der Waals surface area contributed by atoms with Crippen LogP contribution in [0.2, 0.25) is 0 Å². The molecule has 1 saturated heterocycles. The minimum absolute atomic E-state index is 0.00529. The van der Waals surface area contributed by atoms with Crippen molar-refractivity contribution in [1.29, 1.82) is 0 Å². The van der Waals surface area contributed by atoms with Crippen LogP contribution in [-0.4, -0.2) is 43.0 Å². The van der Waals surface area contributed by atoms with E-state index in [1.165, 1.54) is 4.90 Å². The zero-order chi connectivity index (χ0) is 24.1. The van der Waals surface area contributed by atoms with Crippen LogP contribution in [0.4, 0.5) is 11.4 Å². The van der Waals surface area contributed by atoms with Gasteiger partial charge in [-0.25, -0.2) is 4.79 Å². The first-order valence-electron chi connectivity index (χ1n) is 10.8. The first-order valence-corrected chi connectivity index (χ1v) is 10.8. The summed E-state index contributed by atoms with van der Waals surface area (Å²) >= 11 is 0. The highest BCUT2D eigenvalue weighted by atomic mass is 16.5. The second kappa shape index (κ2) is 10.3. The van der Waals surface area contributed by atoms with Crippen LogP contribution in [0.3, 0.4) is 0 Å². The number of anilines is 2. The van der Waals surface area contributed by atoms with E-state index in [2.05, 4.69) is 5.32 Å². The van der Waals surface area contributed by atoms with Crippen molar-refractivity contribution in [2.45, 2.75) is 40.2 Å². The number of nitrogens with zero attached hydrogens (tertiary/aromatic N) is 1. The average molecular weight is 453 g/mol. The predicted octanol–water partition coefficient (Wildman–Crippen LogP) is 3.40. The number of nitrogens with one attached hydrogen (secondary N) is 1. The van der Waals surface area contributed by atoms with E-state index in [1.807, 2.05) is 26.0 Å². The number of benzene rings is 2. The number of esters is 2. The fourth-order valence-electron chi connectivity index (χ4n) is 3.57. The summed E-state index contributed by atoms with van der Waals surface area (Å²) in [5, 5.41) is 2.72. The number of carbonyl (C=O) groups excluding carboxylic acids is 4. The molecule has 1 fully saturated rings. The van der Waals surface area contributed by atoms with Gasteiger partial charge in [-0.2, -0.15) is 0 Å². The van der Waals surface area contributed by atoms with Crippen molar-refractivity contribution in [2.24, 2.45) is 5.92 Å². The van der Waals surface area contributed by atoms with E-state index >= 15 is 0 Å². The Labute approximate surface area is 192 Å². The van der Waals surface area contributed by atoms with E-state index in [1.54, 1.807) is 44.2 Å². The molecule has 1 aliphatic rings. The molecule has 8 heteroatoms. The van der Waals surface area contributed by atoms with Crippen molar-refractivity contribution in [1.82, 2.24) is 0 Å². The molecule has 0 aromatic heterocycles. The maximum absolute atomic E-state index is 12.4. The summed E-state index contributed by atoms with van der Waals surface area (Å²) in [7, 11) is 0. The topological polar surface area (TPSA) is 102 Å². The van der Waals surface area contributed by atoms with Crippen LogP contribution in [0.1, 0.15) is 41.8 Å². The quantitative estimate of drug-likeness (QED) is 0.646. The maximum atomic E-state index is 12.4. The van der Waals surface area contributed by atoms with Crippen LogP contribution in [0.5, 0.6) is 0 Å². The first-order chi connectivity index (χ1) is 15.6. The van der Waals surface area contributed by atoms with Gasteiger partial charge < -0.3 is 19.7 Å². The Morgan fingerprint density at radius 2 is 1.79 bits per heavy atom. The summed E-state index contributed by atoms with van der Waals surface area (Å²) in [5.74, 6) is -2.38. The van der Waals surface area contributed by atoms with Crippen molar-refractivity contribution in [3.8, 4) is 0 Å². The molecule has 0 spiro atoms. The van der Waals surface area contributed by atoms with Gasteiger partial charge in [0, 0.05) is 24.3 Å². The van der Waals surface area contributed by atoms with Crippen LogP contribution >= 0.6 is 0 Å². The SMILES string of the molecule is Cc1ccc(NC(=O)COC(=O)[C@H]2CC(=O)N(c3ccc(C(=O)OC(C)C)cc3)C2)c(C)c1. The molecule has 2 amide bonds. The van der Waals surface area contributed by atoms with Crippen molar-refractivity contribution < 1.29 is 28.7 Å². The molecular weight excluding hydrogens is 424 g/mol. The Balaban J connectivity index is 1.53. The average Bonchev–Trinajstić information content (AvgIpc) is 3.15. The maximum Gasteiger partial charge on any atom is 0.338 e. The van der Waals surface area contributed by atoms with Gasteiger partial charge >= 0.3 is 11.9 Å². The van der Waals surface area contributed by atoms with Gasteiger partial charge in [-0.1, -0.05) is 17.7 Å². The Hall–Kier alpha value is -3.68. The Morgan fingerprint density at radius 3 is 2.42 bits per heavy atom. The van der Waals surface area contributed by atoms with E-state index in [4.69, 9.17) is 9.47 Å². The lowest BCUT2D eigenvalue weighted by molar-refractivity contribution is -0.151. The molecule has 0 unspecified atom stereocenters. The Bertz CT molecular complexity index is 1060. The van der Waals surface area contributed by atoms with Gasteiger partial charge in [0.2, 0.25) is 5.91 Å². The number of ether oxygens (including phenoxy) is 2. The smallest absolute Gasteiger partial charge is 0.338 e. The van der Waals surface area contributed by atoms with Crippen LogP contribution in [0.25, 0.3) is 0 Å². The second-order valence-electron chi connectivity index (χ2n) is 8.38. The normalized spacial score (nSPS) is 15.5. The summed E-state index contributed by atoms with van der Waals surface area (Å²) in [6.45, 7) is 7.09. The molecule has 0 bridgehead atoms. The van der Waals surface area contributed by atoms with Gasteiger partial charge in [-0.05, 0) is 63.6 Å². The molecule has 1 aliphatic heterocycles. The summed E-state index contributed by atoms with van der Waals surface area (Å²) in [4.78, 5) is 50.5. The molecule has 3 rings (SSSR count). The number of hydrogen-bond acceptors (Lipinski definition) is 6. The molecule has 0 saturated carbocycles. The summed E-state index contributed by atoms with van der Waals surface area (Å²) < 4.78 is 10.3. The Kier molecular flexibility index (Phi) is 7.48. The van der Waals surface area contributed by atoms with E-state index in [9.17, 15) is 19.2 Å². The first kappa shape index (κ1) is 24.0. The van der Waals surface area contributed by atoms with Crippen LogP contribution < -0.4 is 10.2 Å².